The zero-order valence-corrected chi connectivity index (χ0v) is 27.8. The molecule has 3 fully saturated rings. The van der Waals surface area contributed by atoms with E-state index < -0.39 is 32.1 Å². The zero-order valence-electron chi connectivity index (χ0n) is 25.2. The van der Waals surface area contributed by atoms with Gasteiger partial charge in [0, 0.05) is 11.5 Å². The molecule has 0 aromatic carbocycles. The van der Waals surface area contributed by atoms with E-state index in [4.69, 9.17) is 53.9 Å². The lowest BCUT2D eigenvalue weighted by molar-refractivity contribution is -0.208. The maximum atomic E-state index is 6.35. The van der Waals surface area contributed by atoms with Crippen LogP contribution in [0.25, 0.3) is 0 Å². The maximum Gasteiger partial charge on any atom is 0.236 e. The Labute approximate surface area is 253 Å². The summed E-state index contributed by atoms with van der Waals surface area (Å²) in [4.78, 5) is 4.18. The predicted molar refractivity (Wildman–Crippen MR) is 156 cm³/mol. The van der Waals surface area contributed by atoms with Crippen molar-refractivity contribution in [2.45, 2.75) is 88.7 Å². The molecule has 3 saturated heterocycles. The van der Waals surface area contributed by atoms with E-state index in [1.807, 2.05) is 13.8 Å². The van der Waals surface area contributed by atoms with Crippen molar-refractivity contribution < 1.29 is 42.3 Å². The van der Waals surface area contributed by atoms with Crippen LogP contribution in [0.3, 0.4) is 0 Å². The third-order valence-electron chi connectivity index (χ3n) is 7.79. The number of anilines is 1. The summed E-state index contributed by atoms with van der Waals surface area (Å²) in [6, 6.07) is -0.342. The van der Waals surface area contributed by atoms with E-state index in [1.165, 1.54) is 11.5 Å². The Morgan fingerprint density at radius 3 is 2.15 bits per heavy atom. The number of nitrogens with one attached hydrogen (secondary N) is 1. The van der Waals surface area contributed by atoms with Crippen molar-refractivity contribution in [3.8, 4) is 0 Å². The first-order valence-corrected chi connectivity index (χ1v) is 18.2. The van der Waals surface area contributed by atoms with Crippen molar-refractivity contribution in [1.29, 1.82) is 0 Å². The molecular weight excluding hydrogens is 594 g/mol. The van der Waals surface area contributed by atoms with Crippen LogP contribution >= 0.6 is 23.1 Å². The van der Waals surface area contributed by atoms with Crippen LogP contribution in [0.2, 0.25) is 23.4 Å². The largest absolute Gasteiger partial charge is 0.414 e. The van der Waals surface area contributed by atoms with Gasteiger partial charge in [0.2, 0.25) is 10.4 Å². The standard InChI is InChI=1S/C26H46ClN3O9SSi/c1-24(2,3)41(6,7)36-15-14-33-11-10-31-8-9-32-12-13-34-16-26-17-35-21(39-26)18(28-23-29-22(27)30-40-23)19-20(26)38-25(4,5)37-19/h18-21H,8-17H2,1-7H3,(H,28,29,30)/t18-,19-,20-,21+,26+/m1/s1. The first-order chi connectivity index (χ1) is 19.3. The molecule has 41 heavy (non-hydrogen) atoms. The van der Waals surface area contributed by atoms with Gasteiger partial charge in [-0.1, -0.05) is 20.8 Å². The van der Waals surface area contributed by atoms with E-state index in [0.29, 0.717) is 64.6 Å². The molecule has 15 heteroatoms. The number of hydrogen-bond donors (Lipinski definition) is 1. The monoisotopic (exact) mass is 639 g/mol. The summed E-state index contributed by atoms with van der Waals surface area (Å²) >= 11 is 7.06. The van der Waals surface area contributed by atoms with Crippen LogP contribution in [0.5, 0.6) is 0 Å². The molecule has 236 valence electrons. The number of rotatable bonds is 17. The lowest BCUT2D eigenvalue weighted by atomic mass is 9.88. The zero-order chi connectivity index (χ0) is 29.7. The second-order valence-corrected chi connectivity index (χ2v) is 18.3. The van der Waals surface area contributed by atoms with Crippen molar-refractivity contribution in [1.82, 2.24) is 9.36 Å². The number of ether oxygens (including phenoxy) is 8. The maximum absolute atomic E-state index is 6.35. The van der Waals surface area contributed by atoms with Crippen LogP contribution in [0.15, 0.2) is 0 Å². The Hall–Kier alpha value is -0.493. The van der Waals surface area contributed by atoms with Gasteiger partial charge >= 0.3 is 0 Å². The van der Waals surface area contributed by atoms with Gasteiger partial charge in [-0.2, -0.15) is 9.36 Å². The number of aromatic nitrogens is 2. The summed E-state index contributed by atoms with van der Waals surface area (Å²) in [5.74, 6) is -0.776. The van der Waals surface area contributed by atoms with Gasteiger partial charge in [-0.05, 0) is 43.6 Å². The van der Waals surface area contributed by atoms with Crippen LogP contribution in [0.4, 0.5) is 5.13 Å². The molecule has 5 atom stereocenters. The van der Waals surface area contributed by atoms with E-state index >= 15 is 0 Å². The molecule has 1 N–H and O–H groups in total. The molecule has 2 bridgehead atoms. The van der Waals surface area contributed by atoms with Gasteiger partial charge in [-0.15, -0.1) is 0 Å². The molecule has 0 saturated carbocycles. The van der Waals surface area contributed by atoms with Crippen molar-refractivity contribution in [2.75, 3.05) is 71.4 Å². The highest BCUT2D eigenvalue weighted by atomic mass is 35.5. The van der Waals surface area contributed by atoms with Gasteiger partial charge in [0.1, 0.15) is 23.9 Å². The third kappa shape index (κ3) is 8.79. The minimum absolute atomic E-state index is 0.186. The van der Waals surface area contributed by atoms with E-state index in [9.17, 15) is 0 Å². The number of fused-ring (bicyclic) bond motifs is 4. The van der Waals surface area contributed by atoms with Gasteiger partial charge < -0.3 is 47.6 Å². The van der Waals surface area contributed by atoms with Gasteiger partial charge in [-0.3, -0.25) is 0 Å². The molecule has 1 aromatic heterocycles. The van der Waals surface area contributed by atoms with Gasteiger partial charge in [0.15, 0.2) is 20.4 Å². The summed E-state index contributed by atoms with van der Waals surface area (Å²) in [7, 11) is -1.72. The van der Waals surface area contributed by atoms with E-state index in [0.717, 1.165) is 0 Å². The topological polar surface area (TPSA) is 121 Å². The molecular formula is C26H46ClN3O9SSi. The molecule has 0 radical (unpaired) electrons. The van der Waals surface area contributed by atoms with E-state index in [1.54, 1.807) is 0 Å². The van der Waals surface area contributed by atoms with Crippen LogP contribution in [0.1, 0.15) is 34.6 Å². The Morgan fingerprint density at radius 1 is 0.951 bits per heavy atom. The van der Waals surface area contributed by atoms with Crippen molar-refractivity contribution in [3.63, 3.8) is 0 Å². The smallest absolute Gasteiger partial charge is 0.236 e. The Kier molecular flexibility index (Phi) is 11.5. The van der Waals surface area contributed by atoms with E-state index in [2.05, 4.69) is 48.5 Å². The fourth-order valence-electron chi connectivity index (χ4n) is 4.65. The van der Waals surface area contributed by atoms with Crippen LogP contribution in [0, 0.1) is 0 Å². The second kappa shape index (κ2) is 14.1. The fourth-order valence-corrected chi connectivity index (χ4v) is 6.44. The third-order valence-corrected chi connectivity index (χ3v) is 13.2. The fraction of sp³-hybridized carbons (Fsp3) is 0.923. The van der Waals surface area contributed by atoms with Crippen molar-refractivity contribution in [3.05, 3.63) is 5.28 Å². The number of nitrogens with zero attached hydrogens (tertiary/aromatic N) is 2. The molecule has 0 amide bonds. The van der Waals surface area contributed by atoms with Crippen LogP contribution in [-0.4, -0.2) is 120 Å². The van der Waals surface area contributed by atoms with Gasteiger partial charge in [-0.25, -0.2) is 0 Å². The Morgan fingerprint density at radius 2 is 1.56 bits per heavy atom. The van der Waals surface area contributed by atoms with E-state index in [-0.39, 0.29) is 29.1 Å². The van der Waals surface area contributed by atoms with Gasteiger partial charge in [0.25, 0.3) is 0 Å². The first kappa shape index (κ1) is 33.4. The molecule has 3 aliphatic heterocycles. The summed E-state index contributed by atoms with van der Waals surface area (Å²) in [6.07, 6.45) is -1.28. The lowest BCUT2D eigenvalue weighted by Crippen LogP contribution is -2.63. The minimum Gasteiger partial charge on any atom is -0.414 e. The van der Waals surface area contributed by atoms with Gasteiger partial charge in [0.05, 0.1) is 66.1 Å². The number of hydrogen-bond acceptors (Lipinski definition) is 13. The van der Waals surface area contributed by atoms with Crippen molar-refractivity contribution in [2.24, 2.45) is 0 Å². The molecule has 3 aliphatic rings. The highest BCUT2D eigenvalue weighted by molar-refractivity contribution is 7.09. The Bertz CT molecular complexity index is 969. The molecule has 4 heterocycles. The van der Waals surface area contributed by atoms with Crippen LogP contribution in [-0.2, 0) is 42.3 Å². The van der Waals surface area contributed by atoms with Crippen LogP contribution < -0.4 is 5.32 Å². The molecule has 0 spiro atoms. The minimum atomic E-state index is -1.72. The predicted octanol–water partition coefficient (Wildman–Crippen LogP) is 3.71. The molecule has 4 rings (SSSR count). The summed E-state index contributed by atoms with van der Waals surface area (Å²) in [6.45, 7) is 19.6. The summed E-state index contributed by atoms with van der Waals surface area (Å²) < 4.78 is 57.8. The average Bonchev–Trinajstić information content (AvgIpc) is 3.57. The molecule has 0 aliphatic carbocycles. The second-order valence-electron chi connectivity index (χ2n) is 12.4. The SMILES string of the molecule is CC1(C)O[C@@H]2[C@@H](Nc3nc(Cl)ns3)[C@H]3OC[C@](COCCOCCOCCOCCO[Si](C)(C)C(C)(C)C)(O3)[C@@H]2O1. The summed E-state index contributed by atoms with van der Waals surface area (Å²) in [5, 5.41) is 4.26. The quantitative estimate of drug-likeness (QED) is 0.198. The Balaban J connectivity index is 1.07. The average molecular weight is 640 g/mol. The normalized spacial score (nSPS) is 29.2. The molecule has 1 aromatic rings. The number of halogens is 1. The van der Waals surface area contributed by atoms with Crippen molar-refractivity contribution >= 4 is 36.6 Å². The first-order valence-electron chi connectivity index (χ1n) is 14.2. The summed E-state index contributed by atoms with van der Waals surface area (Å²) in [5.41, 5.74) is -0.779. The molecule has 0 unspecified atom stereocenters. The highest BCUT2D eigenvalue weighted by Gasteiger charge is 2.66. The molecule has 12 nitrogen and oxygen atoms in total. The lowest BCUT2D eigenvalue weighted by Gasteiger charge is -2.42. The highest BCUT2D eigenvalue weighted by Crippen LogP contribution is 2.47.